The van der Waals surface area contributed by atoms with Crippen LogP contribution in [-0.2, 0) is 0 Å². The maximum atomic E-state index is 12.3. The molecule has 1 amide bonds. The van der Waals surface area contributed by atoms with Crippen molar-refractivity contribution in [3.8, 4) is 5.75 Å². The quantitative estimate of drug-likeness (QED) is 0.857. The Morgan fingerprint density at radius 2 is 2.00 bits per heavy atom. The van der Waals surface area contributed by atoms with Gasteiger partial charge in [0.1, 0.15) is 12.4 Å². The Morgan fingerprint density at radius 3 is 2.55 bits per heavy atom. The number of ether oxygens (including phenoxy) is 1. The SMILES string of the molecule is C=CCOc1ccc(C(=O)N2CCC(C)(O)CC2)cc1. The summed E-state index contributed by atoms with van der Waals surface area (Å²) in [4.78, 5) is 14.1. The zero-order valence-corrected chi connectivity index (χ0v) is 11.8. The molecule has 0 aliphatic carbocycles. The predicted octanol–water partition coefficient (Wildman–Crippen LogP) is 2.24. The van der Waals surface area contributed by atoms with Crippen molar-refractivity contribution >= 4 is 5.91 Å². The number of piperidine rings is 1. The monoisotopic (exact) mass is 275 g/mol. The number of carbonyl (C=O) groups excluding carboxylic acids is 1. The van der Waals surface area contributed by atoms with Gasteiger partial charge in [-0.15, -0.1) is 0 Å². The van der Waals surface area contributed by atoms with E-state index in [0.717, 1.165) is 5.75 Å². The van der Waals surface area contributed by atoms with Gasteiger partial charge in [0.05, 0.1) is 5.60 Å². The third kappa shape index (κ3) is 3.61. The van der Waals surface area contributed by atoms with E-state index in [1.807, 2.05) is 6.92 Å². The van der Waals surface area contributed by atoms with Gasteiger partial charge >= 0.3 is 0 Å². The Balaban J connectivity index is 1.97. The van der Waals surface area contributed by atoms with Crippen molar-refractivity contribution in [2.75, 3.05) is 19.7 Å². The number of benzene rings is 1. The van der Waals surface area contributed by atoms with E-state index < -0.39 is 5.60 Å². The fourth-order valence-electron chi connectivity index (χ4n) is 2.22. The molecule has 1 aliphatic heterocycles. The summed E-state index contributed by atoms with van der Waals surface area (Å²) < 4.78 is 5.39. The standard InChI is InChI=1S/C16H21NO3/c1-3-12-20-14-6-4-13(5-7-14)15(18)17-10-8-16(2,19)9-11-17/h3-7,19H,1,8-12H2,2H3. The molecule has 0 spiro atoms. The summed E-state index contributed by atoms with van der Waals surface area (Å²) >= 11 is 0. The van der Waals surface area contributed by atoms with Crippen molar-refractivity contribution in [1.29, 1.82) is 0 Å². The van der Waals surface area contributed by atoms with Gasteiger partial charge in [0, 0.05) is 18.7 Å². The first kappa shape index (κ1) is 14.6. The van der Waals surface area contributed by atoms with Crippen LogP contribution >= 0.6 is 0 Å². The Bertz CT molecular complexity index is 469. The molecular weight excluding hydrogens is 254 g/mol. The Morgan fingerprint density at radius 1 is 1.40 bits per heavy atom. The second-order valence-electron chi connectivity index (χ2n) is 5.41. The second-order valence-corrected chi connectivity index (χ2v) is 5.41. The number of aliphatic hydroxyl groups is 1. The lowest BCUT2D eigenvalue weighted by atomic mass is 9.93. The van der Waals surface area contributed by atoms with Crippen molar-refractivity contribution in [2.45, 2.75) is 25.4 Å². The second kappa shape index (κ2) is 6.09. The summed E-state index contributed by atoms with van der Waals surface area (Å²) in [5.41, 5.74) is 0.0107. The molecule has 4 nitrogen and oxygen atoms in total. The molecule has 1 aromatic rings. The molecule has 1 aromatic carbocycles. The first-order chi connectivity index (χ1) is 9.52. The van der Waals surface area contributed by atoms with E-state index in [0.29, 0.717) is 38.1 Å². The smallest absolute Gasteiger partial charge is 0.253 e. The third-order valence-corrected chi connectivity index (χ3v) is 3.60. The summed E-state index contributed by atoms with van der Waals surface area (Å²) in [5, 5.41) is 9.90. The van der Waals surface area contributed by atoms with E-state index in [1.54, 1.807) is 35.2 Å². The summed E-state index contributed by atoms with van der Waals surface area (Å²) in [7, 11) is 0. The topological polar surface area (TPSA) is 49.8 Å². The van der Waals surface area contributed by atoms with Gasteiger partial charge < -0.3 is 14.7 Å². The summed E-state index contributed by atoms with van der Waals surface area (Å²) in [6, 6.07) is 7.12. The van der Waals surface area contributed by atoms with E-state index in [9.17, 15) is 9.90 Å². The minimum atomic E-state index is -0.640. The summed E-state index contributed by atoms with van der Waals surface area (Å²) in [6.45, 7) is 7.06. The number of nitrogens with zero attached hydrogens (tertiary/aromatic N) is 1. The van der Waals surface area contributed by atoms with Crippen LogP contribution in [0.5, 0.6) is 5.75 Å². The van der Waals surface area contributed by atoms with Gasteiger partial charge in [0.25, 0.3) is 5.91 Å². The highest BCUT2D eigenvalue weighted by molar-refractivity contribution is 5.94. The van der Waals surface area contributed by atoms with Crippen LogP contribution in [0.4, 0.5) is 0 Å². The normalized spacial score (nSPS) is 17.6. The number of rotatable bonds is 4. The molecule has 1 N–H and O–H groups in total. The zero-order chi connectivity index (χ0) is 14.6. The molecule has 2 rings (SSSR count). The lowest BCUT2D eigenvalue weighted by molar-refractivity contribution is -0.00202. The van der Waals surface area contributed by atoms with Gasteiger partial charge in [-0.3, -0.25) is 4.79 Å². The molecule has 0 bridgehead atoms. The van der Waals surface area contributed by atoms with Crippen molar-refractivity contribution in [2.24, 2.45) is 0 Å². The molecule has 1 saturated heterocycles. The first-order valence-electron chi connectivity index (χ1n) is 6.87. The molecule has 20 heavy (non-hydrogen) atoms. The molecule has 108 valence electrons. The van der Waals surface area contributed by atoms with Gasteiger partial charge in [0.2, 0.25) is 0 Å². The number of hydrogen-bond acceptors (Lipinski definition) is 3. The van der Waals surface area contributed by atoms with Crippen LogP contribution in [0.25, 0.3) is 0 Å². The van der Waals surface area contributed by atoms with Gasteiger partial charge in [-0.1, -0.05) is 12.7 Å². The Hall–Kier alpha value is -1.81. The molecule has 0 aromatic heterocycles. The number of likely N-dealkylation sites (tertiary alicyclic amines) is 1. The van der Waals surface area contributed by atoms with E-state index in [-0.39, 0.29) is 5.91 Å². The van der Waals surface area contributed by atoms with Crippen molar-refractivity contribution in [3.63, 3.8) is 0 Å². The van der Waals surface area contributed by atoms with Crippen molar-refractivity contribution in [3.05, 3.63) is 42.5 Å². The molecule has 0 saturated carbocycles. The largest absolute Gasteiger partial charge is 0.490 e. The highest BCUT2D eigenvalue weighted by Gasteiger charge is 2.29. The number of carbonyl (C=O) groups is 1. The zero-order valence-electron chi connectivity index (χ0n) is 11.8. The van der Waals surface area contributed by atoms with Crippen LogP contribution in [0.1, 0.15) is 30.1 Å². The van der Waals surface area contributed by atoms with Crippen LogP contribution in [0.3, 0.4) is 0 Å². The first-order valence-corrected chi connectivity index (χ1v) is 6.87. The lowest BCUT2D eigenvalue weighted by Crippen LogP contribution is -2.45. The van der Waals surface area contributed by atoms with Crippen LogP contribution < -0.4 is 4.74 Å². The van der Waals surface area contributed by atoms with Crippen LogP contribution in [0, 0.1) is 0 Å². The molecule has 1 heterocycles. The lowest BCUT2D eigenvalue weighted by Gasteiger charge is -2.35. The van der Waals surface area contributed by atoms with Crippen molar-refractivity contribution in [1.82, 2.24) is 4.90 Å². The average Bonchev–Trinajstić information content (AvgIpc) is 2.45. The van der Waals surface area contributed by atoms with E-state index in [4.69, 9.17) is 4.74 Å². The summed E-state index contributed by atoms with van der Waals surface area (Å²) in [6.07, 6.45) is 2.93. The molecular formula is C16H21NO3. The Labute approximate surface area is 119 Å². The molecule has 4 heteroatoms. The number of hydrogen-bond donors (Lipinski definition) is 1. The predicted molar refractivity (Wildman–Crippen MR) is 77.9 cm³/mol. The third-order valence-electron chi connectivity index (χ3n) is 3.60. The number of amides is 1. The fourth-order valence-corrected chi connectivity index (χ4v) is 2.22. The highest BCUT2D eigenvalue weighted by Crippen LogP contribution is 2.23. The molecule has 1 fully saturated rings. The summed E-state index contributed by atoms with van der Waals surface area (Å²) in [5.74, 6) is 0.735. The maximum Gasteiger partial charge on any atom is 0.253 e. The minimum absolute atomic E-state index is 0.00997. The van der Waals surface area contributed by atoms with Gasteiger partial charge in [-0.25, -0.2) is 0 Å². The highest BCUT2D eigenvalue weighted by atomic mass is 16.5. The van der Waals surface area contributed by atoms with Crippen molar-refractivity contribution < 1.29 is 14.6 Å². The molecule has 0 unspecified atom stereocenters. The maximum absolute atomic E-state index is 12.3. The van der Waals surface area contributed by atoms with E-state index in [2.05, 4.69) is 6.58 Å². The van der Waals surface area contributed by atoms with Crippen LogP contribution in [-0.4, -0.2) is 41.2 Å². The minimum Gasteiger partial charge on any atom is -0.490 e. The van der Waals surface area contributed by atoms with E-state index in [1.165, 1.54) is 0 Å². The Kier molecular flexibility index (Phi) is 4.45. The molecule has 0 radical (unpaired) electrons. The van der Waals surface area contributed by atoms with Gasteiger partial charge in [-0.05, 0) is 44.0 Å². The molecule has 0 atom stereocenters. The van der Waals surface area contributed by atoms with Crippen LogP contribution in [0.2, 0.25) is 0 Å². The fraction of sp³-hybridized carbons (Fsp3) is 0.438. The molecule has 1 aliphatic rings. The van der Waals surface area contributed by atoms with Gasteiger partial charge in [0.15, 0.2) is 0 Å². The van der Waals surface area contributed by atoms with Crippen LogP contribution in [0.15, 0.2) is 36.9 Å². The van der Waals surface area contributed by atoms with E-state index >= 15 is 0 Å². The van der Waals surface area contributed by atoms with Gasteiger partial charge in [-0.2, -0.15) is 0 Å². The average molecular weight is 275 g/mol.